The second-order valence-electron chi connectivity index (χ2n) is 4.71. The van der Waals surface area contributed by atoms with Crippen molar-refractivity contribution in [3.8, 4) is 0 Å². The summed E-state index contributed by atoms with van der Waals surface area (Å²) in [4.78, 5) is 22.9. The van der Waals surface area contributed by atoms with Crippen molar-refractivity contribution in [3.63, 3.8) is 0 Å². The Kier molecular flexibility index (Phi) is 6.72. The van der Waals surface area contributed by atoms with Crippen molar-refractivity contribution in [1.82, 2.24) is 5.32 Å². The Morgan fingerprint density at radius 1 is 1.38 bits per heavy atom. The van der Waals surface area contributed by atoms with Gasteiger partial charge < -0.3 is 10.4 Å². The highest BCUT2D eigenvalue weighted by molar-refractivity contribution is 6.35. The minimum atomic E-state index is -1.05. The molecule has 4 nitrogen and oxygen atoms in total. The van der Waals surface area contributed by atoms with Gasteiger partial charge in [-0.15, -0.1) is 0 Å². The summed E-state index contributed by atoms with van der Waals surface area (Å²) >= 11 is 11.8. The molecule has 1 aromatic rings. The zero-order valence-corrected chi connectivity index (χ0v) is 13.3. The van der Waals surface area contributed by atoms with E-state index in [1.807, 2.05) is 6.92 Å². The van der Waals surface area contributed by atoms with Crippen LogP contribution in [0.2, 0.25) is 10.0 Å². The molecule has 0 aliphatic carbocycles. The standard InChI is InChI=1S/C15H17Cl2NO3/c1-3-9(2)14(15(20)21)18-13(19)7-5-10-4-6-11(16)8-12(10)17/h4-9,14H,3H2,1-2H3,(H,18,19)(H,20,21)/t9?,14-/m0/s1. The van der Waals surface area contributed by atoms with Gasteiger partial charge in [0.2, 0.25) is 5.91 Å². The van der Waals surface area contributed by atoms with E-state index in [9.17, 15) is 9.59 Å². The molecule has 2 N–H and O–H groups in total. The van der Waals surface area contributed by atoms with Crippen molar-refractivity contribution >= 4 is 41.2 Å². The van der Waals surface area contributed by atoms with Gasteiger partial charge in [-0.3, -0.25) is 4.79 Å². The molecule has 1 amide bonds. The fourth-order valence-electron chi connectivity index (χ4n) is 1.69. The molecule has 0 saturated carbocycles. The van der Waals surface area contributed by atoms with Crippen molar-refractivity contribution in [1.29, 1.82) is 0 Å². The average Bonchev–Trinajstić information content (AvgIpc) is 2.42. The maximum absolute atomic E-state index is 11.8. The number of amides is 1. The molecule has 0 spiro atoms. The highest BCUT2D eigenvalue weighted by Crippen LogP contribution is 2.21. The predicted molar refractivity (Wildman–Crippen MR) is 84.5 cm³/mol. The molecule has 0 fully saturated rings. The van der Waals surface area contributed by atoms with Crippen LogP contribution in [-0.4, -0.2) is 23.0 Å². The number of carboxylic acid groups (broad SMARTS) is 1. The Morgan fingerprint density at radius 3 is 2.57 bits per heavy atom. The first-order valence-corrected chi connectivity index (χ1v) is 7.27. The highest BCUT2D eigenvalue weighted by atomic mass is 35.5. The highest BCUT2D eigenvalue weighted by Gasteiger charge is 2.24. The van der Waals surface area contributed by atoms with E-state index in [0.29, 0.717) is 22.0 Å². The Labute approximate surface area is 133 Å². The van der Waals surface area contributed by atoms with Crippen LogP contribution in [0.25, 0.3) is 6.08 Å². The molecule has 6 heteroatoms. The molecule has 1 rings (SSSR count). The van der Waals surface area contributed by atoms with Gasteiger partial charge in [0.25, 0.3) is 0 Å². The number of benzene rings is 1. The number of aliphatic carboxylic acids is 1. The van der Waals surface area contributed by atoms with Gasteiger partial charge in [0.15, 0.2) is 0 Å². The monoisotopic (exact) mass is 329 g/mol. The number of halogens is 2. The predicted octanol–water partition coefficient (Wildman–Crippen LogP) is 3.62. The van der Waals surface area contributed by atoms with Crippen LogP contribution >= 0.6 is 23.2 Å². The van der Waals surface area contributed by atoms with Crippen molar-refractivity contribution in [2.75, 3.05) is 0 Å². The fraction of sp³-hybridized carbons (Fsp3) is 0.333. The maximum Gasteiger partial charge on any atom is 0.326 e. The van der Waals surface area contributed by atoms with Crippen molar-refractivity contribution < 1.29 is 14.7 Å². The number of carboxylic acids is 1. The van der Waals surface area contributed by atoms with E-state index < -0.39 is 17.9 Å². The average molecular weight is 330 g/mol. The molecule has 0 radical (unpaired) electrons. The van der Waals surface area contributed by atoms with E-state index in [-0.39, 0.29) is 5.92 Å². The van der Waals surface area contributed by atoms with Gasteiger partial charge in [0.05, 0.1) is 0 Å². The maximum atomic E-state index is 11.8. The molecule has 2 atom stereocenters. The fourth-order valence-corrected chi connectivity index (χ4v) is 2.16. The molecule has 0 aliphatic heterocycles. The molecule has 0 heterocycles. The second-order valence-corrected chi connectivity index (χ2v) is 5.55. The van der Waals surface area contributed by atoms with Crippen LogP contribution in [0.15, 0.2) is 24.3 Å². The van der Waals surface area contributed by atoms with E-state index in [1.165, 1.54) is 12.2 Å². The third-order valence-corrected chi connectivity index (χ3v) is 3.72. The zero-order valence-electron chi connectivity index (χ0n) is 11.8. The minimum Gasteiger partial charge on any atom is -0.480 e. The summed E-state index contributed by atoms with van der Waals surface area (Å²) in [5.41, 5.74) is 0.631. The van der Waals surface area contributed by atoms with Gasteiger partial charge in [-0.2, -0.15) is 0 Å². The van der Waals surface area contributed by atoms with E-state index >= 15 is 0 Å². The summed E-state index contributed by atoms with van der Waals surface area (Å²) in [6.07, 6.45) is 3.43. The lowest BCUT2D eigenvalue weighted by molar-refractivity contribution is -0.142. The quantitative estimate of drug-likeness (QED) is 0.783. The zero-order chi connectivity index (χ0) is 16.0. The molecule has 0 aromatic heterocycles. The first-order chi connectivity index (χ1) is 9.85. The number of nitrogens with one attached hydrogen (secondary N) is 1. The summed E-state index contributed by atoms with van der Waals surface area (Å²) in [6, 6.07) is 4.00. The van der Waals surface area contributed by atoms with Gasteiger partial charge in [-0.25, -0.2) is 4.79 Å². The van der Waals surface area contributed by atoms with Crippen LogP contribution in [0.3, 0.4) is 0 Å². The molecule has 1 unspecified atom stereocenters. The topological polar surface area (TPSA) is 66.4 Å². The molecule has 0 aliphatic rings. The van der Waals surface area contributed by atoms with Crippen LogP contribution in [-0.2, 0) is 9.59 Å². The van der Waals surface area contributed by atoms with Crippen LogP contribution in [0, 0.1) is 5.92 Å². The molecule has 21 heavy (non-hydrogen) atoms. The van der Waals surface area contributed by atoms with Crippen molar-refractivity contribution in [2.45, 2.75) is 26.3 Å². The molecule has 114 valence electrons. The van der Waals surface area contributed by atoms with Gasteiger partial charge in [-0.1, -0.05) is 49.5 Å². The summed E-state index contributed by atoms with van der Waals surface area (Å²) in [5.74, 6) is -1.68. The van der Waals surface area contributed by atoms with Gasteiger partial charge in [0.1, 0.15) is 6.04 Å². The van der Waals surface area contributed by atoms with Gasteiger partial charge in [-0.05, 0) is 29.7 Å². The number of hydrogen-bond acceptors (Lipinski definition) is 2. The summed E-state index contributed by atoms with van der Waals surface area (Å²) in [6.45, 7) is 3.65. The minimum absolute atomic E-state index is 0.154. The molecular weight excluding hydrogens is 313 g/mol. The van der Waals surface area contributed by atoms with E-state index in [4.69, 9.17) is 28.3 Å². The van der Waals surface area contributed by atoms with Crippen LogP contribution in [0.1, 0.15) is 25.8 Å². The van der Waals surface area contributed by atoms with Crippen molar-refractivity contribution in [2.24, 2.45) is 5.92 Å². The second kappa shape index (κ2) is 8.05. The lowest BCUT2D eigenvalue weighted by atomic mass is 9.99. The lowest BCUT2D eigenvalue weighted by Gasteiger charge is -2.19. The van der Waals surface area contributed by atoms with Crippen LogP contribution < -0.4 is 5.32 Å². The van der Waals surface area contributed by atoms with Crippen LogP contribution in [0.4, 0.5) is 0 Å². The first kappa shape index (κ1) is 17.5. The first-order valence-electron chi connectivity index (χ1n) is 6.51. The largest absolute Gasteiger partial charge is 0.480 e. The Morgan fingerprint density at radius 2 is 2.05 bits per heavy atom. The normalized spacial score (nSPS) is 13.9. The Hall–Kier alpha value is -1.52. The lowest BCUT2D eigenvalue weighted by Crippen LogP contribution is -2.44. The Bertz CT molecular complexity index is 558. The van der Waals surface area contributed by atoms with Crippen LogP contribution in [0.5, 0.6) is 0 Å². The third kappa shape index (κ3) is 5.40. The Balaban J connectivity index is 2.76. The number of carbonyl (C=O) groups is 2. The number of rotatable bonds is 6. The molecule has 1 aromatic carbocycles. The summed E-state index contributed by atoms with van der Waals surface area (Å²) in [5, 5.41) is 12.5. The summed E-state index contributed by atoms with van der Waals surface area (Å²) in [7, 11) is 0. The molecule has 0 bridgehead atoms. The summed E-state index contributed by atoms with van der Waals surface area (Å²) < 4.78 is 0. The smallest absolute Gasteiger partial charge is 0.326 e. The number of hydrogen-bond donors (Lipinski definition) is 2. The van der Waals surface area contributed by atoms with E-state index in [0.717, 1.165) is 0 Å². The molecule has 0 saturated heterocycles. The number of carbonyl (C=O) groups excluding carboxylic acids is 1. The van der Waals surface area contributed by atoms with Gasteiger partial charge in [0, 0.05) is 16.1 Å². The third-order valence-electron chi connectivity index (χ3n) is 3.15. The molecular formula is C15H17Cl2NO3. The van der Waals surface area contributed by atoms with E-state index in [2.05, 4.69) is 5.32 Å². The SMILES string of the molecule is CCC(C)[C@H](NC(=O)C=Cc1ccc(Cl)cc1Cl)C(=O)O. The van der Waals surface area contributed by atoms with Gasteiger partial charge >= 0.3 is 5.97 Å². The van der Waals surface area contributed by atoms with Crippen molar-refractivity contribution in [3.05, 3.63) is 39.9 Å². The van der Waals surface area contributed by atoms with E-state index in [1.54, 1.807) is 25.1 Å².